The number of hydrogen-bond donors (Lipinski definition) is 1. The van der Waals surface area contributed by atoms with Gasteiger partial charge in [0.1, 0.15) is 17.7 Å². The van der Waals surface area contributed by atoms with Gasteiger partial charge in [0.15, 0.2) is 0 Å². The Bertz CT molecular complexity index is 1040. The first-order chi connectivity index (χ1) is 14.0. The summed E-state index contributed by atoms with van der Waals surface area (Å²) in [4.78, 5) is 33.0. The van der Waals surface area contributed by atoms with Crippen molar-refractivity contribution in [3.05, 3.63) is 63.7 Å². The number of carbonyl (C=O) groups is 1. The van der Waals surface area contributed by atoms with Crippen LogP contribution in [0.25, 0.3) is 5.69 Å². The third kappa shape index (κ3) is 4.02. The van der Waals surface area contributed by atoms with Crippen molar-refractivity contribution in [2.75, 3.05) is 18.4 Å². The maximum atomic E-state index is 13.0. The van der Waals surface area contributed by atoms with Gasteiger partial charge in [-0.2, -0.15) is 5.10 Å². The number of benzene rings is 1. The van der Waals surface area contributed by atoms with E-state index < -0.39 is 10.6 Å². The number of nitro groups is 1. The molecule has 2 heterocycles. The van der Waals surface area contributed by atoms with Gasteiger partial charge < -0.3 is 10.2 Å². The van der Waals surface area contributed by atoms with Crippen LogP contribution in [0.2, 0.25) is 5.15 Å². The lowest BCUT2D eigenvalue weighted by Crippen LogP contribution is -2.30. The van der Waals surface area contributed by atoms with Crippen molar-refractivity contribution in [3.63, 3.8) is 0 Å². The van der Waals surface area contributed by atoms with Gasteiger partial charge in [0.05, 0.1) is 16.8 Å². The summed E-state index contributed by atoms with van der Waals surface area (Å²) >= 11 is 5.89. The summed E-state index contributed by atoms with van der Waals surface area (Å²) in [6, 6.07) is 9.07. The summed E-state index contributed by atoms with van der Waals surface area (Å²) < 4.78 is 1.48. The van der Waals surface area contributed by atoms with Crippen LogP contribution in [-0.4, -0.2) is 48.6 Å². The topological polar surface area (TPSA) is 119 Å². The van der Waals surface area contributed by atoms with Crippen molar-refractivity contribution in [2.45, 2.75) is 13.8 Å². The van der Waals surface area contributed by atoms with Gasteiger partial charge in [-0.15, -0.1) is 0 Å². The zero-order valence-corrected chi connectivity index (χ0v) is 16.5. The Balaban J connectivity index is 2.16. The van der Waals surface area contributed by atoms with Gasteiger partial charge in [-0.3, -0.25) is 14.9 Å². The summed E-state index contributed by atoms with van der Waals surface area (Å²) in [7, 11) is 0. The summed E-state index contributed by atoms with van der Waals surface area (Å²) in [5.74, 6) is -0.158. The summed E-state index contributed by atoms with van der Waals surface area (Å²) in [5, 5.41) is 18.3. The van der Waals surface area contributed by atoms with E-state index in [0.717, 1.165) is 6.33 Å². The van der Waals surface area contributed by atoms with Gasteiger partial charge in [-0.25, -0.2) is 14.6 Å². The second kappa shape index (κ2) is 8.65. The highest BCUT2D eigenvalue weighted by Gasteiger charge is 2.27. The van der Waals surface area contributed by atoms with Crippen LogP contribution in [0.5, 0.6) is 0 Å². The lowest BCUT2D eigenvalue weighted by molar-refractivity contribution is -0.384. The third-order valence-corrected chi connectivity index (χ3v) is 4.52. The predicted molar refractivity (Wildman–Crippen MR) is 108 cm³/mol. The number of para-hydroxylation sites is 1. The van der Waals surface area contributed by atoms with Gasteiger partial charge in [-0.05, 0) is 26.0 Å². The van der Waals surface area contributed by atoms with Gasteiger partial charge in [0, 0.05) is 13.1 Å². The Kier molecular flexibility index (Phi) is 6.03. The number of carbonyl (C=O) groups excluding carboxylic acids is 1. The van der Waals surface area contributed by atoms with E-state index in [2.05, 4.69) is 20.4 Å². The average molecular weight is 416 g/mol. The van der Waals surface area contributed by atoms with Crippen molar-refractivity contribution < 1.29 is 9.72 Å². The molecule has 29 heavy (non-hydrogen) atoms. The van der Waals surface area contributed by atoms with Crippen LogP contribution in [0.15, 0.2) is 42.9 Å². The van der Waals surface area contributed by atoms with Crippen LogP contribution < -0.4 is 5.32 Å². The molecule has 0 radical (unpaired) electrons. The lowest BCUT2D eigenvalue weighted by atomic mass is 10.2. The Morgan fingerprint density at radius 3 is 2.55 bits per heavy atom. The number of nitrogens with zero attached hydrogens (tertiary/aromatic N) is 6. The highest BCUT2D eigenvalue weighted by Crippen LogP contribution is 2.32. The van der Waals surface area contributed by atoms with Crippen LogP contribution in [0.4, 0.5) is 17.3 Å². The number of anilines is 2. The highest BCUT2D eigenvalue weighted by atomic mass is 35.5. The smallest absolute Gasteiger partial charge is 0.339 e. The zero-order valence-electron chi connectivity index (χ0n) is 15.7. The quantitative estimate of drug-likeness (QED) is 0.356. The Morgan fingerprint density at radius 2 is 1.93 bits per heavy atom. The number of nitrogens with one attached hydrogen (secondary N) is 1. The van der Waals surface area contributed by atoms with Crippen molar-refractivity contribution in [1.29, 1.82) is 0 Å². The van der Waals surface area contributed by atoms with Crippen molar-refractivity contribution in [1.82, 2.24) is 24.6 Å². The van der Waals surface area contributed by atoms with E-state index in [0.29, 0.717) is 18.8 Å². The summed E-state index contributed by atoms with van der Waals surface area (Å²) in [5.41, 5.74) is 0.425. The zero-order chi connectivity index (χ0) is 21.0. The number of amides is 1. The molecule has 0 saturated carbocycles. The molecule has 0 spiro atoms. The van der Waals surface area contributed by atoms with E-state index in [1.54, 1.807) is 17.0 Å². The molecule has 0 bridgehead atoms. The van der Waals surface area contributed by atoms with E-state index in [9.17, 15) is 14.9 Å². The third-order valence-electron chi connectivity index (χ3n) is 4.25. The van der Waals surface area contributed by atoms with E-state index in [4.69, 9.17) is 11.6 Å². The fourth-order valence-electron chi connectivity index (χ4n) is 2.79. The maximum absolute atomic E-state index is 13.0. The first kappa shape index (κ1) is 20.2. The largest absolute Gasteiger partial charge is 0.348 e. The van der Waals surface area contributed by atoms with Gasteiger partial charge in [-0.1, -0.05) is 29.8 Å². The molecule has 0 saturated heterocycles. The number of hydrogen-bond acceptors (Lipinski definition) is 7. The molecular weight excluding hydrogens is 398 g/mol. The SMILES string of the molecule is CCN(CC)C(=O)c1cnn(-c2ccccc2)c1Nc1ncnc(Cl)c1[N+](=O)[O-]. The second-order valence-electron chi connectivity index (χ2n) is 5.88. The maximum Gasteiger partial charge on any atom is 0.348 e. The molecule has 150 valence electrons. The molecule has 0 atom stereocenters. The van der Waals surface area contributed by atoms with Gasteiger partial charge in [0.25, 0.3) is 5.91 Å². The van der Waals surface area contributed by atoms with Crippen LogP contribution in [0.3, 0.4) is 0 Å². The van der Waals surface area contributed by atoms with E-state index in [1.165, 1.54) is 10.9 Å². The Morgan fingerprint density at radius 1 is 1.24 bits per heavy atom. The number of halogens is 1. The normalized spacial score (nSPS) is 10.6. The molecule has 0 fully saturated rings. The van der Waals surface area contributed by atoms with Crippen molar-refractivity contribution >= 4 is 34.8 Å². The molecule has 3 aromatic rings. The summed E-state index contributed by atoms with van der Waals surface area (Å²) in [6.07, 6.45) is 2.53. The molecule has 0 aliphatic carbocycles. The highest BCUT2D eigenvalue weighted by molar-refractivity contribution is 6.31. The first-order valence-electron chi connectivity index (χ1n) is 8.82. The van der Waals surface area contributed by atoms with E-state index >= 15 is 0 Å². The van der Waals surface area contributed by atoms with E-state index in [1.807, 2.05) is 32.0 Å². The minimum Gasteiger partial charge on any atom is -0.339 e. The fourth-order valence-corrected chi connectivity index (χ4v) is 3.00. The molecule has 1 aromatic carbocycles. The standard InChI is InChI=1S/C18H18ClN7O3/c1-3-24(4-2)18(27)13-10-22-25(12-8-6-5-7-9-12)17(13)23-16-14(26(28)29)15(19)20-11-21-16/h5-11H,3-4H2,1-2H3,(H,20,21,23). The molecule has 1 N–H and O–H groups in total. The molecule has 10 nitrogen and oxygen atoms in total. The second-order valence-corrected chi connectivity index (χ2v) is 6.23. The van der Waals surface area contributed by atoms with Gasteiger partial charge in [0.2, 0.25) is 11.0 Å². The number of rotatable bonds is 7. The molecule has 2 aromatic heterocycles. The monoisotopic (exact) mass is 415 g/mol. The van der Waals surface area contributed by atoms with Crippen LogP contribution >= 0.6 is 11.6 Å². The minimum absolute atomic E-state index is 0.138. The van der Waals surface area contributed by atoms with Crippen LogP contribution in [0, 0.1) is 10.1 Å². The Hall–Kier alpha value is -3.53. The minimum atomic E-state index is -0.681. The van der Waals surface area contributed by atoms with Crippen LogP contribution in [0.1, 0.15) is 24.2 Å². The summed E-state index contributed by atoms with van der Waals surface area (Å²) in [6.45, 7) is 4.74. The first-order valence-corrected chi connectivity index (χ1v) is 9.20. The molecule has 0 unspecified atom stereocenters. The molecule has 1 amide bonds. The lowest BCUT2D eigenvalue weighted by Gasteiger charge is -2.19. The molecule has 3 rings (SSSR count). The Labute approximate surface area is 171 Å². The average Bonchev–Trinajstić information content (AvgIpc) is 3.12. The number of aromatic nitrogens is 4. The molecule has 11 heteroatoms. The predicted octanol–water partition coefficient (Wildman–Crippen LogP) is 3.45. The molecule has 0 aliphatic heterocycles. The molecular formula is C18H18ClN7O3. The van der Waals surface area contributed by atoms with Crippen molar-refractivity contribution in [3.8, 4) is 5.69 Å². The fraction of sp³-hybridized carbons (Fsp3) is 0.222. The van der Waals surface area contributed by atoms with Crippen LogP contribution in [-0.2, 0) is 0 Å². The van der Waals surface area contributed by atoms with Crippen molar-refractivity contribution in [2.24, 2.45) is 0 Å². The van der Waals surface area contributed by atoms with E-state index in [-0.39, 0.29) is 28.3 Å². The van der Waals surface area contributed by atoms with Gasteiger partial charge >= 0.3 is 5.69 Å². The molecule has 0 aliphatic rings.